The van der Waals surface area contributed by atoms with Crippen LogP contribution in [0.2, 0.25) is 0 Å². The molecule has 2 rings (SSSR count). The first-order valence-electron chi connectivity index (χ1n) is 4.58. The van der Waals surface area contributed by atoms with Crippen molar-refractivity contribution in [3.63, 3.8) is 0 Å². The van der Waals surface area contributed by atoms with Crippen LogP contribution in [-0.4, -0.2) is 17.6 Å². The van der Waals surface area contributed by atoms with Crippen molar-refractivity contribution in [1.29, 1.82) is 0 Å². The smallest absolute Gasteiger partial charge is 0.415 e. The van der Waals surface area contributed by atoms with Crippen molar-refractivity contribution in [3.8, 4) is 0 Å². The highest BCUT2D eigenvalue weighted by Crippen LogP contribution is 2.46. The summed E-state index contributed by atoms with van der Waals surface area (Å²) in [5, 5.41) is 2.17. The van der Waals surface area contributed by atoms with Gasteiger partial charge in [-0.2, -0.15) is 0 Å². The summed E-state index contributed by atoms with van der Waals surface area (Å²) in [4.78, 5) is 22.1. The van der Waals surface area contributed by atoms with Crippen LogP contribution >= 0.6 is 0 Å². The zero-order chi connectivity index (χ0) is 9.64. The molecule has 0 aromatic rings. The lowest BCUT2D eigenvalue weighted by atomic mass is 9.66. The Kier molecular flexibility index (Phi) is 1.62. The Labute approximate surface area is 76.6 Å². The van der Waals surface area contributed by atoms with E-state index in [1.165, 1.54) is 0 Å². The third-order valence-electron chi connectivity index (χ3n) is 3.04. The van der Waals surface area contributed by atoms with Gasteiger partial charge in [-0.05, 0) is 24.7 Å². The fraction of sp³-hybridized carbons (Fsp3) is 0.778. The number of nitrogens with one attached hydrogen (secondary N) is 1. The van der Waals surface area contributed by atoms with E-state index in [1.54, 1.807) is 0 Å². The Morgan fingerprint density at radius 2 is 2.08 bits per heavy atom. The fourth-order valence-electron chi connectivity index (χ4n) is 1.98. The van der Waals surface area contributed by atoms with E-state index >= 15 is 0 Å². The predicted molar refractivity (Wildman–Crippen MR) is 44.9 cm³/mol. The zero-order valence-electron chi connectivity index (χ0n) is 7.79. The lowest BCUT2D eigenvalue weighted by Gasteiger charge is -2.42. The molecule has 72 valence electrons. The molecule has 1 N–H and O–H groups in total. The summed E-state index contributed by atoms with van der Waals surface area (Å²) in [6.45, 7) is 4.23. The predicted octanol–water partition coefficient (Wildman–Crippen LogP) is 1.06. The molecule has 0 aromatic heterocycles. The van der Waals surface area contributed by atoms with Gasteiger partial charge in [-0.15, -0.1) is 0 Å². The normalized spacial score (nSPS) is 37.6. The second-order valence-electron chi connectivity index (χ2n) is 4.25. The van der Waals surface area contributed by atoms with Crippen LogP contribution in [-0.2, 0) is 9.53 Å². The second kappa shape index (κ2) is 2.47. The number of carbonyl (C=O) groups is 2. The van der Waals surface area contributed by atoms with Gasteiger partial charge in [0.15, 0.2) is 5.60 Å². The quantitative estimate of drug-likeness (QED) is 0.661. The molecule has 0 atom stereocenters. The number of alkyl carbamates (subject to hydrolysis) is 1. The summed E-state index contributed by atoms with van der Waals surface area (Å²) in [6, 6.07) is 0. The summed E-state index contributed by atoms with van der Waals surface area (Å²) in [5.74, 6) is 0.809. The van der Waals surface area contributed by atoms with Crippen molar-refractivity contribution in [1.82, 2.24) is 5.32 Å². The summed E-state index contributed by atoms with van der Waals surface area (Å²) in [5.41, 5.74) is -0.800. The van der Waals surface area contributed by atoms with Gasteiger partial charge in [0.25, 0.3) is 5.91 Å². The zero-order valence-corrected chi connectivity index (χ0v) is 7.79. The van der Waals surface area contributed by atoms with Crippen molar-refractivity contribution < 1.29 is 14.3 Å². The van der Waals surface area contributed by atoms with Crippen molar-refractivity contribution in [2.45, 2.75) is 32.3 Å². The van der Waals surface area contributed by atoms with Gasteiger partial charge in [-0.3, -0.25) is 10.1 Å². The van der Waals surface area contributed by atoms with Crippen LogP contribution in [0.3, 0.4) is 0 Å². The lowest BCUT2D eigenvalue weighted by Crippen LogP contribution is -2.52. The van der Waals surface area contributed by atoms with Crippen molar-refractivity contribution in [3.05, 3.63) is 0 Å². The molecule has 0 aromatic carbocycles. The minimum Gasteiger partial charge on any atom is -0.432 e. The van der Waals surface area contributed by atoms with Crippen LogP contribution in [0, 0.1) is 11.8 Å². The topological polar surface area (TPSA) is 55.4 Å². The number of amides is 2. The van der Waals surface area contributed by atoms with E-state index in [4.69, 9.17) is 4.74 Å². The van der Waals surface area contributed by atoms with Gasteiger partial charge in [-0.1, -0.05) is 13.8 Å². The number of hydrogen-bond donors (Lipinski definition) is 1. The Morgan fingerprint density at radius 3 is 2.46 bits per heavy atom. The first kappa shape index (κ1) is 8.53. The highest BCUT2D eigenvalue weighted by molar-refractivity contribution is 6.03. The van der Waals surface area contributed by atoms with Gasteiger partial charge in [0, 0.05) is 0 Å². The average Bonchev–Trinajstić information content (AvgIpc) is 2.21. The van der Waals surface area contributed by atoms with Gasteiger partial charge in [0.1, 0.15) is 0 Å². The summed E-state index contributed by atoms with van der Waals surface area (Å²) >= 11 is 0. The maximum atomic E-state index is 11.3. The maximum Gasteiger partial charge on any atom is 0.415 e. The Bertz CT molecular complexity index is 266. The number of carbonyl (C=O) groups excluding carboxylic acids is 2. The minimum absolute atomic E-state index is 0.255. The summed E-state index contributed by atoms with van der Waals surface area (Å²) in [6.07, 6.45) is 0.775. The molecule has 4 heteroatoms. The molecule has 1 spiro atoms. The number of ether oxygens (including phenoxy) is 1. The van der Waals surface area contributed by atoms with Crippen LogP contribution in [0.1, 0.15) is 26.7 Å². The molecule has 0 bridgehead atoms. The molecule has 2 fully saturated rings. The van der Waals surface area contributed by atoms with E-state index in [0.29, 0.717) is 24.7 Å². The van der Waals surface area contributed by atoms with Crippen molar-refractivity contribution in [2.75, 3.05) is 0 Å². The molecule has 1 aliphatic carbocycles. The first-order valence-corrected chi connectivity index (χ1v) is 4.58. The van der Waals surface area contributed by atoms with Gasteiger partial charge in [0.05, 0.1) is 0 Å². The van der Waals surface area contributed by atoms with Gasteiger partial charge < -0.3 is 4.74 Å². The summed E-state index contributed by atoms with van der Waals surface area (Å²) in [7, 11) is 0. The molecule has 2 aliphatic rings. The van der Waals surface area contributed by atoms with Gasteiger partial charge >= 0.3 is 6.09 Å². The molecule has 2 amide bonds. The van der Waals surface area contributed by atoms with Gasteiger partial charge in [0.2, 0.25) is 0 Å². The molecule has 0 radical (unpaired) electrons. The van der Waals surface area contributed by atoms with Crippen LogP contribution in [0.5, 0.6) is 0 Å². The van der Waals surface area contributed by atoms with Gasteiger partial charge in [-0.25, -0.2) is 4.79 Å². The molecular weight excluding hydrogens is 170 g/mol. The van der Waals surface area contributed by atoms with Crippen LogP contribution in [0.4, 0.5) is 4.79 Å². The maximum absolute atomic E-state index is 11.3. The Hall–Kier alpha value is -1.06. The monoisotopic (exact) mass is 183 g/mol. The van der Waals surface area contributed by atoms with E-state index < -0.39 is 11.7 Å². The number of hydrogen-bond acceptors (Lipinski definition) is 3. The second-order valence-corrected chi connectivity index (χ2v) is 4.25. The van der Waals surface area contributed by atoms with E-state index in [1.807, 2.05) is 0 Å². The van der Waals surface area contributed by atoms with E-state index in [0.717, 1.165) is 0 Å². The van der Waals surface area contributed by atoms with E-state index in [2.05, 4.69) is 19.2 Å². The highest BCUT2D eigenvalue weighted by atomic mass is 16.6. The van der Waals surface area contributed by atoms with E-state index in [9.17, 15) is 9.59 Å². The molecule has 4 nitrogen and oxygen atoms in total. The number of imide groups is 1. The molecule has 0 unspecified atom stereocenters. The molecule has 1 heterocycles. The molecule has 1 saturated carbocycles. The third kappa shape index (κ3) is 1.12. The number of rotatable bonds is 1. The lowest BCUT2D eigenvalue weighted by molar-refractivity contribution is -0.145. The third-order valence-corrected chi connectivity index (χ3v) is 3.04. The SMILES string of the molecule is CC(C)C1CC2(C1)OC(=O)NC2=O. The van der Waals surface area contributed by atoms with Crippen LogP contribution in [0.15, 0.2) is 0 Å². The van der Waals surface area contributed by atoms with Crippen LogP contribution in [0.25, 0.3) is 0 Å². The summed E-state index contributed by atoms with van der Waals surface area (Å²) < 4.78 is 4.98. The molecule has 1 saturated heterocycles. The largest absolute Gasteiger partial charge is 0.432 e. The highest BCUT2D eigenvalue weighted by Gasteiger charge is 2.58. The minimum atomic E-state index is -0.800. The van der Waals surface area contributed by atoms with Crippen molar-refractivity contribution in [2.24, 2.45) is 11.8 Å². The fourth-order valence-corrected chi connectivity index (χ4v) is 1.98. The Morgan fingerprint density at radius 1 is 1.46 bits per heavy atom. The van der Waals surface area contributed by atoms with Crippen molar-refractivity contribution >= 4 is 12.0 Å². The van der Waals surface area contributed by atoms with E-state index in [-0.39, 0.29) is 5.91 Å². The average molecular weight is 183 g/mol. The molecule has 13 heavy (non-hydrogen) atoms. The Balaban J connectivity index is 2.03. The molecular formula is C9H13NO3. The standard InChI is InChI=1S/C9H13NO3/c1-5(2)6-3-9(4-6)7(11)10-8(12)13-9/h5-6H,3-4H2,1-2H3,(H,10,11,12). The molecule has 1 aliphatic heterocycles. The van der Waals surface area contributed by atoms with Crippen LogP contribution < -0.4 is 5.32 Å². The first-order chi connectivity index (χ1) is 6.03.